The zero-order chi connectivity index (χ0) is 32.8. The van der Waals surface area contributed by atoms with Crippen LogP contribution < -0.4 is 10.4 Å². The van der Waals surface area contributed by atoms with Crippen LogP contribution in [0, 0.1) is 5.92 Å². The SMILES string of the molecule is CC(O[Si](c1ccccc1)(c1ccccc1)C(C)(C)C)[C@H](C)/C=C(/F)C(OC(=O)c1ccccc1)C1OC(C)(C)O[C@H]1CCO. The molecule has 4 rings (SSSR count). The summed E-state index contributed by atoms with van der Waals surface area (Å²) in [6, 6.07) is 29.1. The van der Waals surface area contributed by atoms with Crippen LogP contribution in [0.15, 0.2) is 103 Å². The summed E-state index contributed by atoms with van der Waals surface area (Å²) in [4.78, 5) is 13.2. The van der Waals surface area contributed by atoms with E-state index in [-0.39, 0.29) is 18.1 Å². The molecule has 1 fully saturated rings. The Morgan fingerprint density at radius 1 is 0.933 bits per heavy atom. The predicted octanol–water partition coefficient (Wildman–Crippen LogP) is 6.57. The van der Waals surface area contributed by atoms with E-state index in [0.717, 1.165) is 10.4 Å². The van der Waals surface area contributed by atoms with Gasteiger partial charge >= 0.3 is 5.97 Å². The number of hydrogen-bond acceptors (Lipinski definition) is 6. The van der Waals surface area contributed by atoms with Crippen LogP contribution in [0.2, 0.25) is 5.04 Å². The van der Waals surface area contributed by atoms with E-state index in [2.05, 4.69) is 45.0 Å². The van der Waals surface area contributed by atoms with E-state index in [1.807, 2.05) is 50.2 Å². The molecule has 45 heavy (non-hydrogen) atoms. The lowest BCUT2D eigenvalue weighted by atomic mass is 10.00. The maximum atomic E-state index is 16.5. The number of esters is 1. The molecule has 1 aliphatic rings. The molecule has 0 spiro atoms. The molecule has 3 aromatic carbocycles. The Labute approximate surface area is 268 Å². The molecule has 1 heterocycles. The average Bonchev–Trinajstić information content (AvgIpc) is 3.32. The Balaban J connectivity index is 1.70. The highest BCUT2D eigenvalue weighted by Crippen LogP contribution is 2.39. The molecular formula is C37H47FO6Si. The van der Waals surface area contributed by atoms with Crippen molar-refractivity contribution in [3.8, 4) is 0 Å². The second kappa shape index (κ2) is 14.5. The number of ether oxygens (including phenoxy) is 3. The van der Waals surface area contributed by atoms with Gasteiger partial charge in [-0.05, 0) is 60.8 Å². The van der Waals surface area contributed by atoms with Crippen molar-refractivity contribution in [3.63, 3.8) is 0 Å². The largest absolute Gasteiger partial charge is 0.449 e. The highest BCUT2D eigenvalue weighted by Gasteiger charge is 2.52. The lowest BCUT2D eigenvalue weighted by Crippen LogP contribution is -2.67. The molecule has 0 saturated carbocycles. The molecule has 3 unspecified atom stereocenters. The molecule has 6 nitrogen and oxygen atoms in total. The zero-order valence-electron chi connectivity index (χ0n) is 27.4. The molecule has 3 aromatic rings. The van der Waals surface area contributed by atoms with Gasteiger partial charge in [0.1, 0.15) is 11.9 Å². The zero-order valence-corrected chi connectivity index (χ0v) is 28.4. The van der Waals surface area contributed by atoms with Crippen LogP contribution in [0.25, 0.3) is 0 Å². The van der Waals surface area contributed by atoms with Crippen molar-refractivity contribution in [2.75, 3.05) is 6.61 Å². The number of aliphatic hydroxyl groups is 1. The summed E-state index contributed by atoms with van der Waals surface area (Å²) in [7, 11) is -2.90. The smallest absolute Gasteiger partial charge is 0.338 e. The lowest BCUT2D eigenvalue weighted by Gasteiger charge is -2.45. The van der Waals surface area contributed by atoms with Gasteiger partial charge in [0, 0.05) is 18.6 Å². The van der Waals surface area contributed by atoms with Gasteiger partial charge in [0.15, 0.2) is 11.9 Å². The number of aliphatic hydroxyl groups excluding tert-OH is 1. The fourth-order valence-electron chi connectivity index (χ4n) is 6.07. The summed E-state index contributed by atoms with van der Waals surface area (Å²) >= 11 is 0. The summed E-state index contributed by atoms with van der Waals surface area (Å²) < 4.78 is 41.7. The number of halogens is 1. The van der Waals surface area contributed by atoms with E-state index in [1.165, 1.54) is 6.08 Å². The first-order chi connectivity index (χ1) is 21.3. The minimum absolute atomic E-state index is 0.189. The summed E-state index contributed by atoms with van der Waals surface area (Å²) in [6.07, 6.45) is -1.77. The highest BCUT2D eigenvalue weighted by atomic mass is 28.4. The Kier molecular flexibility index (Phi) is 11.2. The molecule has 0 bridgehead atoms. The Hall–Kier alpha value is -3.14. The first kappa shape index (κ1) is 34.7. The van der Waals surface area contributed by atoms with Gasteiger partial charge < -0.3 is 23.7 Å². The number of hydrogen-bond donors (Lipinski definition) is 1. The molecule has 0 radical (unpaired) electrons. The van der Waals surface area contributed by atoms with Crippen LogP contribution in [-0.2, 0) is 18.6 Å². The number of carbonyl (C=O) groups excluding carboxylic acids is 1. The summed E-state index contributed by atoms with van der Waals surface area (Å²) in [5.74, 6) is -2.78. The summed E-state index contributed by atoms with van der Waals surface area (Å²) in [5, 5.41) is 11.7. The first-order valence-electron chi connectivity index (χ1n) is 15.7. The van der Waals surface area contributed by atoms with E-state index in [0.29, 0.717) is 5.56 Å². The molecule has 0 aromatic heterocycles. The standard InChI is InChI=1S/C37H47FO6Si/c1-26(27(2)44-45(36(3,4)5,29-19-13-9-14-20-29)30-21-15-10-16-22-30)25-31(38)33(41-35(40)28-17-11-8-12-18-28)34-32(23-24-39)42-37(6,7)43-34/h8-22,25-27,32-34,39H,23-24H2,1-7H3/b31-25+/t26-,27?,32+,33?,34?/m1/s1. The Morgan fingerprint density at radius 3 is 1.93 bits per heavy atom. The average molecular weight is 635 g/mol. The van der Waals surface area contributed by atoms with Crippen LogP contribution in [0.5, 0.6) is 0 Å². The fourth-order valence-corrected chi connectivity index (χ4v) is 10.9. The van der Waals surface area contributed by atoms with Gasteiger partial charge in [-0.2, -0.15) is 0 Å². The van der Waals surface area contributed by atoms with Crippen LogP contribution >= 0.6 is 0 Å². The topological polar surface area (TPSA) is 74.2 Å². The van der Waals surface area contributed by atoms with Gasteiger partial charge in [0.2, 0.25) is 0 Å². The molecular weight excluding hydrogens is 587 g/mol. The van der Waals surface area contributed by atoms with Crippen molar-refractivity contribution >= 4 is 24.7 Å². The molecule has 0 amide bonds. The van der Waals surface area contributed by atoms with Crippen molar-refractivity contribution in [1.29, 1.82) is 0 Å². The lowest BCUT2D eigenvalue weighted by molar-refractivity contribution is -0.155. The number of carbonyl (C=O) groups is 1. The van der Waals surface area contributed by atoms with Crippen molar-refractivity contribution in [1.82, 2.24) is 0 Å². The molecule has 8 heteroatoms. The van der Waals surface area contributed by atoms with E-state index >= 15 is 4.39 Å². The predicted molar refractivity (Wildman–Crippen MR) is 178 cm³/mol. The van der Waals surface area contributed by atoms with Gasteiger partial charge in [-0.25, -0.2) is 9.18 Å². The monoisotopic (exact) mass is 634 g/mol. The normalized spacial score (nSPS) is 20.8. The van der Waals surface area contributed by atoms with Gasteiger partial charge in [0.05, 0.1) is 11.7 Å². The van der Waals surface area contributed by atoms with Crippen molar-refractivity contribution in [2.24, 2.45) is 5.92 Å². The van der Waals surface area contributed by atoms with Gasteiger partial charge in [-0.1, -0.05) is 107 Å². The number of rotatable bonds is 12. The van der Waals surface area contributed by atoms with Crippen molar-refractivity contribution < 1.29 is 32.9 Å². The van der Waals surface area contributed by atoms with Gasteiger partial charge in [-0.15, -0.1) is 0 Å². The summed E-state index contributed by atoms with van der Waals surface area (Å²) in [6.45, 7) is 13.7. The molecule has 1 saturated heterocycles. The number of benzene rings is 3. The highest BCUT2D eigenvalue weighted by molar-refractivity contribution is 6.99. The van der Waals surface area contributed by atoms with Gasteiger partial charge in [0.25, 0.3) is 8.32 Å². The van der Waals surface area contributed by atoms with E-state index in [1.54, 1.807) is 44.2 Å². The molecule has 5 atom stereocenters. The van der Waals surface area contributed by atoms with Gasteiger partial charge in [-0.3, -0.25) is 0 Å². The van der Waals surface area contributed by atoms with Crippen molar-refractivity contribution in [3.05, 3.63) is 108 Å². The van der Waals surface area contributed by atoms with Crippen LogP contribution in [0.3, 0.4) is 0 Å². The Bertz CT molecular complexity index is 1370. The first-order valence-corrected chi connectivity index (χ1v) is 17.6. The maximum absolute atomic E-state index is 16.5. The molecule has 1 aliphatic heterocycles. The van der Waals surface area contributed by atoms with Crippen molar-refractivity contribution in [2.45, 2.75) is 90.1 Å². The maximum Gasteiger partial charge on any atom is 0.338 e. The quantitative estimate of drug-likeness (QED) is 0.180. The van der Waals surface area contributed by atoms with Crippen LogP contribution in [0.4, 0.5) is 4.39 Å². The third kappa shape index (κ3) is 7.99. The third-order valence-electron chi connectivity index (χ3n) is 8.39. The summed E-state index contributed by atoms with van der Waals surface area (Å²) in [5.41, 5.74) is 0.295. The third-order valence-corrected chi connectivity index (χ3v) is 13.5. The second-order valence-corrected chi connectivity index (χ2v) is 17.5. The second-order valence-electron chi connectivity index (χ2n) is 13.2. The molecule has 1 N–H and O–H groups in total. The van der Waals surface area contributed by atoms with E-state index < -0.39 is 56.2 Å². The Morgan fingerprint density at radius 2 is 1.44 bits per heavy atom. The fraction of sp³-hybridized carbons (Fsp3) is 0.432. The minimum Gasteiger partial charge on any atom is -0.449 e. The molecule has 0 aliphatic carbocycles. The van der Waals surface area contributed by atoms with Crippen LogP contribution in [0.1, 0.15) is 65.2 Å². The molecule has 242 valence electrons. The van der Waals surface area contributed by atoms with Crippen LogP contribution in [-0.4, -0.2) is 56.2 Å². The van der Waals surface area contributed by atoms with E-state index in [4.69, 9.17) is 18.6 Å². The minimum atomic E-state index is -2.90. The van der Waals surface area contributed by atoms with E-state index in [9.17, 15) is 9.90 Å².